The van der Waals surface area contributed by atoms with E-state index in [1.807, 2.05) is 25.1 Å². The van der Waals surface area contributed by atoms with Crippen molar-refractivity contribution in [2.45, 2.75) is 19.9 Å². The van der Waals surface area contributed by atoms with E-state index in [4.69, 9.17) is 4.74 Å². The molecule has 0 fully saturated rings. The Labute approximate surface area is 109 Å². The normalized spacial score (nSPS) is 13.3. The van der Waals surface area contributed by atoms with Crippen molar-refractivity contribution in [2.75, 3.05) is 25.7 Å². The Kier molecular flexibility index (Phi) is 5.16. The Balaban J connectivity index is 3.12. The Bertz CT molecular complexity index is 497. The summed E-state index contributed by atoms with van der Waals surface area (Å²) in [7, 11) is 0.319. The van der Waals surface area contributed by atoms with Crippen molar-refractivity contribution in [3.8, 4) is 5.75 Å². The molecule has 1 unspecified atom stereocenters. The summed E-state index contributed by atoms with van der Waals surface area (Å²) in [5, 5.41) is 3.05. The Morgan fingerprint density at radius 2 is 2.06 bits per heavy atom. The van der Waals surface area contributed by atoms with Crippen LogP contribution < -0.4 is 10.1 Å². The lowest BCUT2D eigenvalue weighted by Gasteiger charge is -2.19. The molecule has 18 heavy (non-hydrogen) atoms. The molecule has 0 amide bonds. The van der Waals surface area contributed by atoms with E-state index >= 15 is 0 Å². The molecule has 0 saturated heterocycles. The van der Waals surface area contributed by atoms with E-state index in [0.29, 0.717) is 5.75 Å². The zero-order valence-electron chi connectivity index (χ0n) is 11.4. The quantitative estimate of drug-likeness (QED) is 0.855. The predicted molar refractivity (Wildman–Crippen MR) is 73.9 cm³/mol. The van der Waals surface area contributed by atoms with Gasteiger partial charge in [0.25, 0.3) is 0 Å². The highest BCUT2D eigenvalue weighted by Gasteiger charge is 2.21. The van der Waals surface area contributed by atoms with Crippen molar-refractivity contribution in [2.24, 2.45) is 0 Å². The average molecular weight is 271 g/mol. The highest BCUT2D eigenvalue weighted by Crippen LogP contribution is 2.27. The van der Waals surface area contributed by atoms with Crippen LogP contribution >= 0.6 is 0 Å². The lowest BCUT2D eigenvalue weighted by atomic mass is 10.0. The van der Waals surface area contributed by atoms with Crippen molar-refractivity contribution in [1.82, 2.24) is 5.32 Å². The molecule has 0 aliphatic heterocycles. The van der Waals surface area contributed by atoms with Gasteiger partial charge in [-0.2, -0.15) is 0 Å². The maximum atomic E-state index is 11.7. The molecule has 1 aromatic carbocycles. The number of ether oxygens (including phenoxy) is 1. The van der Waals surface area contributed by atoms with Crippen molar-refractivity contribution in [3.63, 3.8) is 0 Å². The van der Waals surface area contributed by atoms with E-state index in [1.54, 1.807) is 21.1 Å². The van der Waals surface area contributed by atoms with Gasteiger partial charge in [-0.05, 0) is 20.0 Å². The fraction of sp³-hybridized carbons (Fsp3) is 0.538. The van der Waals surface area contributed by atoms with Crippen LogP contribution in [0.5, 0.6) is 5.75 Å². The first-order valence-corrected chi connectivity index (χ1v) is 7.78. The van der Waals surface area contributed by atoms with Crippen LogP contribution in [0, 0.1) is 6.92 Å². The van der Waals surface area contributed by atoms with Crippen LogP contribution in [0.2, 0.25) is 0 Å². The molecule has 0 aliphatic rings. The van der Waals surface area contributed by atoms with E-state index in [-0.39, 0.29) is 17.5 Å². The van der Waals surface area contributed by atoms with Gasteiger partial charge in [0.1, 0.15) is 5.75 Å². The van der Waals surface area contributed by atoms with Crippen molar-refractivity contribution in [1.29, 1.82) is 0 Å². The molecule has 0 aromatic heterocycles. The summed E-state index contributed by atoms with van der Waals surface area (Å²) in [5.74, 6) is 0.949. The zero-order chi connectivity index (χ0) is 13.8. The molecule has 0 bridgehead atoms. The lowest BCUT2D eigenvalue weighted by Crippen LogP contribution is -2.26. The first-order valence-electron chi connectivity index (χ1n) is 5.95. The molecule has 1 aromatic rings. The summed E-state index contributed by atoms with van der Waals surface area (Å²) >= 11 is 0. The van der Waals surface area contributed by atoms with Gasteiger partial charge in [-0.15, -0.1) is 0 Å². The third kappa shape index (κ3) is 3.71. The molecule has 0 aliphatic carbocycles. The van der Waals surface area contributed by atoms with E-state index in [1.165, 1.54) is 0 Å². The van der Waals surface area contributed by atoms with Gasteiger partial charge in [-0.1, -0.05) is 24.6 Å². The topological polar surface area (TPSA) is 55.4 Å². The predicted octanol–water partition coefficient (Wildman–Crippen LogP) is 1.70. The summed E-state index contributed by atoms with van der Waals surface area (Å²) in [5.41, 5.74) is 1.97. The number of methoxy groups -OCH3 is 1. The third-order valence-electron chi connectivity index (χ3n) is 2.97. The van der Waals surface area contributed by atoms with Crippen LogP contribution in [0.25, 0.3) is 0 Å². The molecule has 1 N–H and O–H groups in total. The minimum Gasteiger partial charge on any atom is -0.496 e. The fourth-order valence-corrected chi connectivity index (χ4v) is 2.92. The maximum absolute atomic E-state index is 11.7. The number of hydrogen-bond acceptors (Lipinski definition) is 4. The number of sulfone groups is 1. The van der Waals surface area contributed by atoms with Crippen molar-refractivity contribution >= 4 is 9.84 Å². The minimum absolute atomic E-state index is 0.0831. The minimum atomic E-state index is -3.03. The monoisotopic (exact) mass is 271 g/mol. The molecule has 0 heterocycles. The van der Waals surface area contributed by atoms with Crippen molar-refractivity contribution in [3.05, 3.63) is 29.3 Å². The summed E-state index contributed by atoms with van der Waals surface area (Å²) in [6.45, 7) is 3.64. The van der Waals surface area contributed by atoms with Crippen LogP contribution in [0.15, 0.2) is 18.2 Å². The van der Waals surface area contributed by atoms with Crippen molar-refractivity contribution < 1.29 is 13.2 Å². The zero-order valence-corrected chi connectivity index (χ0v) is 12.2. The second-order valence-electron chi connectivity index (χ2n) is 4.29. The lowest BCUT2D eigenvalue weighted by molar-refractivity contribution is 0.403. The smallest absolute Gasteiger partial charge is 0.151 e. The summed E-state index contributed by atoms with van der Waals surface area (Å²) in [4.78, 5) is 0. The van der Waals surface area contributed by atoms with Crippen LogP contribution in [-0.2, 0) is 9.84 Å². The van der Waals surface area contributed by atoms with Gasteiger partial charge in [0.15, 0.2) is 9.84 Å². The molecule has 1 atom stereocenters. The Morgan fingerprint density at radius 1 is 1.39 bits per heavy atom. The molecule has 1 rings (SSSR count). The highest BCUT2D eigenvalue weighted by atomic mass is 32.2. The first-order chi connectivity index (χ1) is 8.43. The number of aryl methyl sites for hydroxylation is 1. The largest absolute Gasteiger partial charge is 0.496 e. The standard InChI is InChI=1S/C13H21NO3S/c1-5-18(15,16)9-12(14-3)11-8-10(2)6-7-13(11)17-4/h6-8,12,14H,5,9H2,1-4H3. The molecular weight excluding hydrogens is 250 g/mol. The van der Waals surface area contributed by atoms with E-state index in [9.17, 15) is 8.42 Å². The molecular formula is C13H21NO3S. The second-order valence-corrected chi connectivity index (χ2v) is 6.68. The SMILES string of the molecule is CCS(=O)(=O)CC(NC)c1cc(C)ccc1OC. The number of hydrogen-bond donors (Lipinski definition) is 1. The summed E-state index contributed by atoms with van der Waals surface area (Å²) in [6.07, 6.45) is 0. The molecule has 5 heteroatoms. The number of benzene rings is 1. The summed E-state index contributed by atoms with van der Waals surface area (Å²) < 4.78 is 28.8. The van der Waals surface area contributed by atoms with Gasteiger partial charge in [0, 0.05) is 17.4 Å². The van der Waals surface area contributed by atoms with Gasteiger partial charge in [-0.3, -0.25) is 0 Å². The van der Waals surface area contributed by atoms with Gasteiger partial charge >= 0.3 is 0 Å². The van der Waals surface area contributed by atoms with Crippen LogP contribution in [0.1, 0.15) is 24.1 Å². The van der Waals surface area contributed by atoms with Gasteiger partial charge < -0.3 is 10.1 Å². The molecule has 102 valence electrons. The van der Waals surface area contributed by atoms with E-state index in [0.717, 1.165) is 11.1 Å². The highest BCUT2D eigenvalue weighted by molar-refractivity contribution is 7.91. The Morgan fingerprint density at radius 3 is 2.56 bits per heavy atom. The van der Waals surface area contributed by atoms with Crippen LogP contribution in [0.3, 0.4) is 0 Å². The first kappa shape index (κ1) is 15.0. The summed E-state index contributed by atoms with van der Waals surface area (Å²) in [6, 6.07) is 5.53. The molecule has 0 spiro atoms. The molecule has 0 radical (unpaired) electrons. The van der Waals surface area contributed by atoms with Gasteiger partial charge in [-0.25, -0.2) is 8.42 Å². The Hall–Kier alpha value is -1.07. The maximum Gasteiger partial charge on any atom is 0.151 e. The average Bonchev–Trinajstić information content (AvgIpc) is 2.36. The molecule has 0 saturated carbocycles. The fourth-order valence-electron chi connectivity index (χ4n) is 1.83. The third-order valence-corrected chi connectivity index (χ3v) is 4.69. The van der Waals surface area contributed by atoms with Gasteiger partial charge in [0.2, 0.25) is 0 Å². The number of nitrogens with one attached hydrogen (secondary N) is 1. The van der Waals surface area contributed by atoms with Crippen LogP contribution in [0.4, 0.5) is 0 Å². The molecule has 4 nitrogen and oxygen atoms in total. The van der Waals surface area contributed by atoms with Gasteiger partial charge in [0.05, 0.1) is 12.9 Å². The van der Waals surface area contributed by atoms with Crippen LogP contribution in [-0.4, -0.2) is 34.1 Å². The van der Waals surface area contributed by atoms with E-state index < -0.39 is 9.84 Å². The second kappa shape index (κ2) is 6.20. The number of rotatable bonds is 6. The van der Waals surface area contributed by atoms with E-state index in [2.05, 4.69) is 5.32 Å².